The average Bonchev–Trinajstić information content (AvgIpc) is 2.42. The van der Waals surface area contributed by atoms with E-state index < -0.39 is 5.97 Å². The number of hydrogen-bond acceptors (Lipinski definition) is 4. The number of carboxylic acid groups (broad SMARTS) is 1. The predicted molar refractivity (Wildman–Crippen MR) is 74.1 cm³/mol. The lowest BCUT2D eigenvalue weighted by atomic mass is 10.0. The van der Waals surface area contributed by atoms with Crippen LogP contribution in [-0.4, -0.2) is 27.1 Å². The smallest absolute Gasteiger partial charge is 0.339 e. The Balaban J connectivity index is 2.60. The summed E-state index contributed by atoms with van der Waals surface area (Å²) < 4.78 is 0. The minimum absolute atomic E-state index is 0.181. The SMILES string of the molecule is CCCCC(CCC)NCc1ncncc1C(=O)O. The van der Waals surface area contributed by atoms with Crippen LogP contribution in [0, 0.1) is 0 Å². The summed E-state index contributed by atoms with van der Waals surface area (Å²) in [7, 11) is 0. The number of carbonyl (C=O) groups is 1. The van der Waals surface area contributed by atoms with Gasteiger partial charge in [-0.3, -0.25) is 0 Å². The van der Waals surface area contributed by atoms with Crippen molar-refractivity contribution in [2.24, 2.45) is 0 Å². The van der Waals surface area contributed by atoms with Gasteiger partial charge in [-0.05, 0) is 12.8 Å². The van der Waals surface area contributed by atoms with E-state index in [9.17, 15) is 4.79 Å². The van der Waals surface area contributed by atoms with Crippen molar-refractivity contribution in [2.45, 2.75) is 58.5 Å². The summed E-state index contributed by atoms with van der Waals surface area (Å²) in [5.41, 5.74) is 0.737. The molecule has 0 saturated carbocycles. The highest BCUT2D eigenvalue weighted by Crippen LogP contribution is 2.09. The largest absolute Gasteiger partial charge is 0.478 e. The number of nitrogens with one attached hydrogen (secondary N) is 1. The molecule has 0 radical (unpaired) electrons. The Labute approximate surface area is 114 Å². The van der Waals surface area contributed by atoms with Crippen LogP contribution < -0.4 is 5.32 Å². The molecule has 0 spiro atoms. The van der Waals surface area contributed by atoms with E-state index in [0.29, 0.717) is 18.3 Å². The van der Waals surface area contributed by atoms with E-state index in [1.165, 1.54) is 25.4 Å². The molecule has 0 aliphatic carbocycles. The number of aromatic nitrogens is 2. The second-order valence-corrected chi connectivity index (χ2v) is 4.70. The summed E-state index contributed by atoms with van der Waals surface area (Å²) in [4.78, 5) is 18.9. The van der Waals surface area contributed by atoms with Crippen LogP contribution in [0.4, 0.5) is 0 Å². The van der Waals surface area contributed by atoms with Crippen molar-refractivity contribution in [3.63, 3.8) is 0 Å². The first-order chi connectivity index (χ1) is 9.19. The molecule has 1 rings (SSSR count). The molecule has 0 amide bonds. The number of aromatic carboxylic acids is 1. The molecule has 0 bridgehead atoms. The first-order valence-electron chi connectivity index (χ1n) is 6.94. The van der Waals surface area contributed by atoms with Gasteiger partial charge in [0, 0.05) is 18.8 Å². The lowest BCUT2D eigenvalue weighted by Crippen LogP contribution is -2.29. The third kappa shape index (κ3) is 5.34. The van der Waals surface area contributed by atoms with E-state index >= 15 is 0 Å². The molecule has 106 valence electrons. The first-order valence-corrected chi connectivity index (χ1v) is 6.94. The Hall–Kier alpha value is -1.49. The average molecular weight is 265 g/mol. The molecule has 1 atom stereocenters. The van der Waals surface area contributed by atoms with Crippen molar-refractivity contribution in [2.75, 3.05) is 0 Å². The highest BCUT2D eigenvalue weighted by atomic mass is 16.4. The van der Waals surface area contributed by atoms with Gasteiger partial charge in [-0.25, -0.2) is 14.8 Å². The van der Waals surface area contributed by atoms with Gasteiger partial charge in [-0.2, -0.15) is 0 Å². The second kappa shape index (κ2) is 8.58. The molecule has 5 heteroatoms. The number of hydrogen-bond donors (Lipinski definition) is 2. The maximum atomic E-state index is 11.1. The molecule has 1 unspecified atom stereocenters. The Morgan fingerprint density at radius 2 is 2.16 bits per heavy atom. The Kier molecular flexibility index (Phi) is 7.03. The minimum Gasteiger partial charge on any atom is -0.478 e. The van der Waals surface area contributed by atoms with Crippen LogP contribution in [-0.2, 0) is 6.54 Å². The van der Waals surface area contributed by atoms with Crippen LogP contribution in [0.5, 0.6) is 0 Å². The maximum absolute atomic E-state index is 11.1. The van der Waals surface area contributed by atoms with Gasteiger partial charge in [0.2, 0.25) is 0 Å². The van der Waals surface area contributed by atoms with Crippen molar-refractivity contribution in [3.8, 4) is 0 Å². The topological polar surface area (TPSA) is 75.1 Å². The van der Waals surface area contributed by atoms with Crippen LogP contribution in [0.25, 0.3) is 0 Å². The Bertz CT molecular complexity index is 396. The molecule has 0 aromatic carbocycles. The van der Waals surface area contributed by atoms with E-state index in [1.807, 2.05) is 0 Å². The maximum Gasteiger partial charge on any atom is 0.339 e. The minimum atomic E-state index is -0.974. The van der Waals surface area contributed by atoms with Crippen LogP contribution in [0.2, 0.25) is 0 Å². The van der Waals surface area contributed by atoms with Crippen molar-refractivity contribution in [1.29, 1.82) is 0 Å². The molecule has 19 heavy (non-hydrogen) atoms. The third-order valence-electron chi connectivity index (χ3n) is 3.13. The highest BCUT2D eigenvalue weighted by molar-refractivity contribution is 5.88. The van der Waals surface area contributed by atoms with Gasteiger partial charge in [-0.1, -0.05) is 33.1 Å². The number of unbranched alkanes of at least 4 members (excludes halogenated alkanes) is 1. The molecule has 1 aromatic heterocycles. The van der Waals surface area contributed by atoms with Gasteiger partial charge in [-0.15, -0.1) is 0 Å². The quantitative estimate of drug-likeness (QED) is 0.718. The molecule has 2 N–H and O–H groups in total. The molecular weight excluding hydrogens is 242 g/mol. The molecular formula is C14H23N3O2. The van der Waals surface area contributed by atoms with Crippen molar-refractivity contribution >= 4 is 5.97 Å². The number of rotatable bonds is 9. The molecule has 1 heterocycles. The second-order valence-electron chi connectivity index (χ2n) is 4.70. The highest BCUT2D eigenvalue weighted by Gasteiger charge is 2.13. The summed E-state index contributed by atoms with van der Waals surface area (Å²) >= 11 is 0. The zero-order valence-corrected chi connectivity index (χ0v) is 11.7. The molecule has 5 nitrogen and oxygen atoms in total. The molecule has 0 fully saturated rings. The summed E-state index contributed by atoms with van der Waals surface area (Å²) in [6.07, 6.45) is 8.46. The molecule has 0 aliphatic heterocycles. The Morgan fingerprint density at radius 3 is 2.79 bits per heavy atom. The van der Waals surface area contributed by atoms with Crippen LogP contribution in [0.3, 0.4) is 0 Å². The molecule has 0 aliphatic rings. The standard InChI is InChI=1S/C14H23N3O2/c1-3-5-7-11(6-4-2)16-9-13-12(14(18)19)8-15-10-17-13/h8,10-11,16H,3-7,9H2,1-2H3,(H,18,19). The lowest BCUT2D eigenvalue weighted by Gasteiger charge is -2.18. The van der Waals surface area contributed by atoms with Crippen LogP contribution in [0.15, 0.2) is 12.5 Å². The fraction of sp³-hybridized carbons (Fsp3) is 0.643. The monoisotopic (exact) mass is 265 g/mol. The Morgan fingerprint density at radius 1 is 1.37 bits per heavy atom. The van der Waals surface area contributed by atoms with Gasteiger partial charge < -0.3 is 10.4 Å². The lowest BCUT2D eigenvalue weighted by molar-refractivity contribution is 0.0694. The zero-order valence-electron chi connectivity index (χ0n) is 11.7. The van der Waals surface area contributed by atoms with E-state index in [-0.39, 0.29) is 5.56 Å². The van der Waals surface area contributed by atoms with Gasteiger partial charge >= 0.3 is 5.97 Å². The van der Waals surface area contributed by atoms with Gasteiger partial charge in [0.05, 0.1) is 5.69 Å². The summed E-state index contributed by atoms with van der Waals surface area (Å²) in [6, 6.07) is 0.432. The normalized spacial score (nSPS) is 12.3. The van der Waals surface area contributed by atoms with Crippen LogP contribution >= 0.6 is 0 Å². The fourth-order valence-electron chi connectivity index (χ4n) is 2.06. The van der Waals surface area contributed by atoms with E-state index in [1.54, 1.807) is 0 Å². The predicted octanol–water partition coefficient (Wildman–Crippen LogP) is 2.62. The van der Waals surface area contributed by atoms with E-state index in [2.05, 4.69) is 29.1 Å². The van der Waals surface area contributed by atoms with Crippen molar-refractivity contribution in [1.82, 2.24) is 15.3 Å². The number of nitrogens with zero attached hydrogens (tertiary/aromatic N) is 2. The van der Waals surface area contributed by atoms with Gasteiger partial charge in [0.1, 0.15) is 11.9 Å². The molecule has 0 saturated heterocycles. The molecule has 1 aromatic rings. The van der Waals surface area contributed by atoms with E-state index in [4.69, 9.17) is 5.11 Å². The zero-order chi connectivity index (χ0) is 14.1. The summed E-state index contributed by atoms with van der Waals surface area (Å²) in [6.45, 7) is 4.82. The van der Waals surface area contributed by atoms with Crippen LogP contribution in [0.1, 0.15) is 62.0 Å². The fourth-order valence-corrected chi connectivity index (χ4v) is 2.06. The number of carboxylic acids is 1. The van der Waals surface area contributed by atoms with Crippen molar-refractivity contribution < 1.29 is 9.90 Å². The van der Waals surface area contributed by atoms with Gasteiger partial charge in [0.25, 0.3) is 0 Å². The first kappa shape index (κ1) is 15.6. The third-order valence-corrected chi connectivity index (χ3v) is 3.13. The van der Waals surface area contributed by atoms with Gasteiger partial charge in [0.15, 0.2) is 0 Å². The summed E-state index contributed by atoms with van der Waals surface area (Å²) in [5.74, 6) is -0.974. The van der Waals surface area contributed by atoms with E-state index in [0.717, 1.165) is 19.3 Å². The van der Waals surface area contributed by atoms with Crippen molar-refractivity contribution in [3.05, 3.63) is 23.8 Å². The summed E-state index contributed by atoms with van der Waals surface area (Å²) in [5, 5.41) is 12.5.